The molecule has 20 heavy (non-hydrogen) atoms. The van der Waals surface area contributed by atoms with Gasteiger partial charge in [-0.1, -0.05) is 0 Å². The molecular weight excluding hydrogens is 276 g/mol. The fourth-order valence-electron chi connectivity index (χ4n) is 1.99. The monoisotopic (exact) mass is 288 g/mol. The number of hydrogen-bond acceptors (Lipinski definition) is 3. The van der Waals surface area contributed by atoms with Gasteiger partial charge in [-0.2, -0.15) is 13.2 Å². The molecule has 0 aliphatic rings. The number of aromatic nitrogens is 2. The summed E-state index contributed by atoms with van der Waals surface area (Å²) in [4.78, 5) is 3.95. The Bertz CT molecular complexity index is 606. The lowest BCUT2D eigenvalue weighted by atomic mass is 9.99. The zero-order valence-electron chi connectivity index (χ0n) is 10.4. The van der Waals surface area contributed by atoms with Crippen LogP contribution >= 0.6 is 0 Å². The molecule has 1 heterocycles. The number of nitrogens with two attached hydrogens (primary N) is 1. The molecule has 0 aliphatic carbocycles. The number of nitrogens with zero attached hydrogens (tertiary/aromatic N) is 2. The van der Waals surface area contributed by atoms with Gasteiger partial charge in [-0.25, -0.2) is 14.8 Å². The normalized spacial score (nSPS) is 13.5. The quantitative estimate of drug-likeness (QED) is 0.517. The van der Waals surface area contributed by atoms with Crippen LogP contribution < -0.4 is 11.3 Å². The lowest BCUT2D eigenvalue weighted by Gasteiger charge is -2.21. The summed E-state index contributed by atoms with van der Waals surface area (Å²) >= 11 is 0. The fourth-order valence-corrected chi connectivity index (χ4v) is 1.99. The number of hydrogen-bond donors (Lipinski definition) is 2. The average molecular weight is 288 g/mol. The van der Waals surface area contributed by atoms with E-state index in [4.69, 9.17) is 5.84 Å². The Morgan fingerprint density at radius 1 is 1.35 bits per heavy atom. The Hall–Kier alpha value is -1.93. The molecule has 1 aromatic carbocycles. The number of halogens is 4. The van der Waals surface area contributed by atoms with Crippen LogP contribution in [0.4, 0.5) is 17.6 Å². The number of imidazole rings is 1. The number of rotatable bonds is 3. The van der Waals surface area contributed by atoms with Crippen LogP contribution in [0, 0.1) is 5.82 Å². The predicted octanol–water partition coefficient (Wildman–Crippen LogP) is 2.13. The standard InChI is InChI=1S/C12H12F4N4/c1-20-5-4-18-11(20)10(19-17)8-6-7(13)2-3-9(8)12(14,15)16/h2-6,10,19H,17H2,1H3. The van der Waals surface area contributed by atoms with Gasteiger partial charge in [0, 0.05) is 19.4 Å². The van der Waals surface area contributed by atoms with Gasteiger partial charge in [0.15, 0.2) is 0 Å². The van der Waals surface area contributed by atoms with Gasteiger partial charge in [0.05, 0.1) is 5.56 Å². The second kappa shape index (κ2) is 5.22. The third kappa shape index (κ3) is 2.66. The molecule has 2 aromatic rings. The highest BCUT2D eigenvalue weighted by atomic mass is 19.4. The molecule has 0 bridgehead atoms. The van der Waals surface area contributed by atoms with E-state index in [9.17, 15) is 17.6 Å². The van der Waals surface area contributed by atoms with Gasteiger partial charge in [0.2, 0.25) is 0 Å². The lowest BCUT2D eigenvalue weighted by molar-refractivity contribution is -0.138. The van der Waals surface area contributed by atoms with Gasteiger partial charge in [-0.15, -0.1) is 0 Å². The Balaban J connectivity index is 2.60. The summed E-state index contributed by atoms with van der Waals surface area (Å²) in [5, 5.41) is 0. The lowest BCUT2D eigenvalue weighted by Crippen LogP contribution is -2.32. The Kier molecular flexibility index (Phi) is 3.78. The molecule has 1 aromatic heterocycles. The first-order chi connectivity index (χ1) is 9.34. The van der Waals surface area contributed by atoms with Crippen LogP contribution in [0.1, 0.15) is 23.0 Å². The van der Waals surface area contributed by atoms with Gasteiger partial charge in [0.1, 0.15) is 17.7 Å². The number of hydrazine groups is 1. The second-order valence-corrected chi connectivity index (χ2v) is 4.23. The molecule has 0 saturated carbocycles. The van der Waals surface area contributed by atoms with Crippen LogP contribution in [0.5, 0.6) is 0 Å². The van der Waals surface area contributed by atoms with Crippen LogP contribution in [-0.4, -0.2) is 9.55 Å². The van der Waals surface area contributed by atoms with Crippen molar-refractivity contribution < 1.29 is 17.6 Å². The summed E-state index contributed by atoms with van der Waals surface area (Å²) in [5.41, 5.74) is 0.987. The SMILES string of the molecule is Cn1ccnc1C(NN)c1cc(F)ccc1C(F)(F)F. The Morgan fingerprint density at radius 2 is 2.05 bits per heavy atom. The summed E-state index contributed by atoms with van der Waals surface area (Å²) in [6.45, 7) is 0. The highest BCUT2D eigenvalue weighted by Gasteiger charge is 2.36. The van der Waals surface area contributed by atoms with E-state index in [2.05, 4.69) is 10.4 Å². The van der Waals surface area contributed by atoms with Gasteiger partial charge >= 0.3 is 6.18 Å². The molecule has 0 amide bonds. The molecule has 0 spiro atoms. The minimum absolute atomic E-state index is 0.253. The minimum Gasteiger partial charge on any atom is -0.336 e. The van der Waals surface area contributed by atoms with Gasteiger partial charge in [-0.05, 0) is 23.8 Å². The maximum atomic E-state index is 13.3. The zero-order valence-corrected chi connectivity index (χ0v) is 10.4. The molecule has 4 nitrogen and oxygen atoms in total. The summed E-state index contributed by atoms with van der Waals surface area (Å²) in [7, 11) is 1.61. The molecule has 0 saturated heterocycles. The Labute approximate surface area is 112 Å². The molecule has 0 radical (unpaired) electrons. The molecule has 0 aliphatic heterocycles. The van der Waals surface area contributed by atoms with E-state index >= 15 is 0 Å². The summed E-state index contributed by atoms with van der Waals surface area (Å²) in [6.07, 6.45) is -1.62. The van der Waals surface area contributed by atoms with Crippen molar-refractivity contribution >= 4 is 0 Å². The first kappa shape index (κ1) is 14.5. The van der Waals surface area contributed by atoms with Gasteiger partial charge in [-0.3, -0.25) is 5.84 Å². The molecule has 1 unspecified atom stereocenters. The molecule has 2 rings (SSSR count). The van der Waals surface area contributed by atoms with E-state index in [-0.39, 0.29) is 11.4 Å². The van der Waals surface area contributed by atoms with E-state index < -0.39 is 23.6 Å². The molecule has 8 heteroatoms. The number of aryl methyl sites for hydroxylation is 1. The fraction of sp³-hybridized carbons (Fsp3) is 0.250. The molecule has 3 N–H and O–H groups in total. The van der Waals surface area contributed by atoms with E-state index in [0.29, 0.717) is 6.07 Å². The smallest absolute Gasteiger partial charge is 0.336 e. The third-order valence-corrected chi connectivity index (χ3v) is 2.91. The van der Waals surface area contributed by atoms with Crippen LogP contribution in [0.2, 0.25) is 0 Å². The molecular formula is C12H12F4N4. The van der Waals surface area contributed by atoms with Crippen LogP contribution in [0.25, 0.3) is 0 Å². The first-order valence-corrected chi connectivity index (χ1v) is 5.64. The third-order valence-electron chi connectivity index (χ3n) is 2.91. The van der Waals surface area contributed by atoms with Crippen LogP contribution in [0.3, 0.4) is 0 Å². The maximum Gasteiger partial charge on any atom is 0.416 e. The second-order valence-electron chi connectivity index (χ2n) is 4.23. The highest BCUT2D eigenvalue weighted by Crippen LogP contribution is 2.36. The summed E-state index contributed by atoms with van der Waals surface area (Å²) < 4.78 is 53.8. The van der Waals surface area contributed by atoms with Gasteiger partial charge in [0.25, 0.3) is 0 Å². The minimum atomic E-state index is -4.61. The number of benzene rings is 1. The Morgan fingerprint density at radius 3 is 2.55 bits per heavy atom. The molecule has 1 atom stereocenters. The van der Waals surface area contributed by atoms with Crippen LogP contribution in [-0.2, 0) is 13.2 Å². The topological polar surface area (TPSA) is 55.9 Å². The van der Waals surface area contributed by atoms with E-state index in [1.807, 2.05) is 0 Å². The van der Waals surface area contributed by atoms with Crippen molar-refractivity contribution in [3.63, 3.8) is 0 Å². The largest absolute Gasteiger partial charge is 0.416 e. The number of nitrogens with one attached hydrogen (secondary N) is 1. The zero-order chi connectivity index (χ0) is 14.9. The molecule has 108 valence electrons. The van der Waals surface area contributed by atoms with Crippen molar-refractivity contribution in [3.05, 3.63) is 53.4 Å². The van der Waals surface area contributed by atoms with Crippen molar-refractivity contribution in [3.8, 4) is 0 Å². The van der Waals surface area contributed by atoms with Crippen molar-refractivity contribution in [2.24, 2.45) is 12.9 Å². The first-order valence-electron chi connectivity index (χ1n) is 5.64. The van der Waals surface area contributed by atoms with E-state index in [1.165, 1.54) is 10.8 Å². The number of alkyl halides is 3. The van der Waals surface area contributed by atoms with Crippen molar-refractivity contribution in [1.82, 2.24) is 15.0 Å². The highest BCUT2D eigenvalue weighted by molar-refractivity contribution is 5.36. The van der Waals surface area contributed by atoms with Crippen molar-refractivity contribution in [2.45, 2.75) is 12.2 Å². The maximum absolute atomic E-state index is 13.3. The van der Waals surface area contributed by atoms with Crippen molar-refractivity contribution in [1.29, 1.82) is 0 Å². The van der Waals surface area contributed by atoms with E-state index in [0.717, 1.165) is 12.1 Å². The summed E-state index contributed by atoms with van der Waals surface area (Å²) in [6, 6.07) is 1.19. The molecule has 0 fully saturated rings. The van der Waals surface area contributed by atoms with Gasteiger partial charge < -0.3 is 4.57 Å². The van der Waals surface area contributed by atoms with E-state index in [1.54, 1.807) is 13.2 Å². The van der Waals surface area contributed by atoms with Crippen molar-refractivity contribution in [2.75, 3.05) is 0 Å². The summed E-state index contributed by atoms with van der Waals surface area (Å²) in [5.74, 6) is 4.81. The van der Waals surface area contributed by atoms with Crippen LogP contribution in [0.15, 0.2) is 30.6 Å². The average Bonchev–Trinajstić information content (AvgIpc) is 2.75. The predicted molar refractivity (Wildman–Crippen MR) is 63.8 cm³/mol.